The van der Waals surface area contributed by atoms with Crippen LogP contribution in [-0.2, 0) is 0 Å². The SMILES string of the molecule is Cc1cc(NN)c(C(=O)NCCCC2CC2)cn1. The Bertz CT molecular complexity index is 429. The van der Waals surface area contributed by atoms with Gasteiger partial charge in [0.2, 0.25) is 0 Å². The molecule has 5 heteroatoms. The quantitative estimate of drug-likeness (QED) is 0.406. The van der Waals surface area contributed by atoms with Crippen LogP contribution in [-0.4, -0.2) is 17.4 Å². The number of aryl methyl sites for hydroxylation is 1. The Labute approximate surface area is 107 Å². The molecule has 0 aliphatic heterocycles. The van der Waals surface area contributed by atoms with E-state index in [0.29, 0.717) is 17.8 Å². The fourth-order valence-corrected chi connectivity index (χ4v) is 1.95. The zero-order valence-corrected chi connectivity index (χ0v) is 10.7. The summed E-state index contributed by atoms with van der Waals surface area (Å²) >= 11 is 0. The number of rotatable bonds is 6. The molecule has 0 spiro atoms. The molecule has 0 unspecified atom stereocenters. The Morgan fingerprint density at radius 2 is 2.33 bits per heavy atom. The van der Waals surface area contributed by atoms with E-state index in [9.17, 15) is 4.79 Å². The maximum Gasteiger partial charge on any atom is 0.255 e. The van der Waals surface area contributed by atoms with E-state index < -0.39 is 0 Å². The van der Waals surface area contributed by atoms with Crippen molar-refractivity contribution in [2.45, 2.75) is 32.6 Å². The molecular formula is C13H20N4O. The van der Waals surface area contributed by atoms with Gasteiger partial charge in [0.15, 0.2) is 0 Å². The number of nitrogen functional groups attached to an aromatic ring is 1. The van der Waals surface area contributed by atoms with Crippen molar-refractivity contribution in [1.82, 2.24) is 10.3 Å². The second-order valence-electron chi connectivity index (χ2n) is 4.86. The summed E-state index contributed by atoms with van der Waals surface area (Å²) in [4.78, 5) is 16.1. The molecule has 4 N–H and O–H groups in total. The van der Waals surface area contributed by atoms with E-state index >= 15 is 0 Å². The normalized spacial score (nSPS) is 14.3. The number of nitrogens with one attached hydrogen (secondary N) is 2. The van der Waals surface area contributed by atoms with Gasteiger partial charge in [-0.15, -0.1) is 0 Å². The minimum atomic E-state index is -0.119. The molecule has 0 radical (unpaired) electrons. The van der Waals surface area contributed by atoms with Crippen molar-refractivity contribution in [3.8, 4) is 0 Å². The molecule has 1 aromatic heterocycles. The van der Waals surface area contributed by atoms with E-state index in [2.05, 4.69) is 15.7 Å². The average molecular weight is 248 g/mol. The van der Waals surface area contributed by atoms with Crippen molar-refractivity contribution in [3.05, 3.63) is 23.5 Å². The Kier molecular flexibility index (Phi) is 4.15. The zero-order valence-electron chi connectivity index (χ0n) is 10.7. The van der Waals surface area contributed by atoms with Gasteiger partial charge in [0.25, 0.3) is 5.91 Å². The van der Waals surface area contributed by atoms with Crippen LogP contribution in [0.5, 0.6) is 0 Å². The van der Waals surface area contributed by atoms with Crippen molar-refractivity contribution in [2.24, 2.45) is 11.8 Å². The molecule has 0 saturated heterocycles. The molecule has 0 atom stereocenters. The van der Waals surface area contributed by atoms with Crippen LogP contribution < -0.4 is 16.6 Å². The summed E-state index contributed by atoms with van der Waals surface area (Å²) in [6.07, 6.45) is 6.53. The lowest BCUT2D eigenvalue weighted by Gasteiger charge is -2.09. The molecule has 1 amide bonds. The fourth-order valence-electron chi connectivity index (χ4n) is 1.95. The van der Waals surface area contributed by atoms with Gasteiger partial charge in [-0.1, -0.05) is 12.8 Å². The zero-order chi connectivity index (χ0) is 13.0. The van der Waals surface area contributed by atoms with Crippen molar-refractivity contribution < 1.29 is 4.79 Å². The summed E-state index contributed by atoms with van der Waals surface area (Å²) in [5.41, 5.74) is 4.47. The van der Waals surface area contributed by atoms with Crippen LogP contribution in [0.1, 0.15) is 41.7 Å². The predicted octanol–water partition coefficient (Wildman–Crippen LogP) is 1.60. The fraction of sp³-hybridized carbons (Fsp3) is 0.538. The molecule has 1 saturated carbocycles. The van der Waals surface area contributed by atoms with Gasteiger partial charge in [0, 0.05) is 18.4 Å². The number of hydrazine groups is 1. The number of hydrogen-bond acceptors (Lipinski definition) is 4. The molecule has 1 fully saturated rings. The van der Waals surface area contributed by atoms with Crippen molar-refractivity contribution in [2.75, 3.05) is 12.0 Å². The number of pyridine rings is 1. The molecule has 0 aromatic carbocycles. The molecule has 1 heterocycles. The standard InChI is InChI=1S/C13H20N4O/c1-9-7-12(17-14)11(8-16-9)13(18)15-6-2-3-10-4-5-10/h7-8,10H,2-6,14H2,1H3,(H,15,18)(H,16,17). The summed E-state index contributed by atoms with van der Waals surface area (Å²) < 4.78 is 0. The number of amides is 1. The topological polar surface area (TPSA) is 80.0 Å². The highest BCUT2D eigenvalue weighted by Crippen LogP contribution is 2.33. The molecule has 1 aliphatic carbocycles. The van der Waals surface area contributed by atoms with Crippen molar-refractivity contribution >= 4 is 11.6 Å². The maximum absolute atomic E-state index is 11.9. The summed E-state index contributed by atoms with van der Waals surface area (Å²) in [6, 6.07) is 1.76. The summed E-state index contributed by atoms with van der Waals surface area (Å²) in [5.74, 6) is 6.19. The second kappa shape index (κ2) is 5.82. The number of carbonyl (C=O) groups is 1. The van der Waals surface area contributed by atoms with E-state index in [0.717, 1.165) is 18.0 Å². The van der Waals surface area contributed by atoms with E-state index in [1.165, 1.54) is 19.3 Å². The van der Waals surface area contributed by atoms with Gasteiger partial charge < -0.3 is 10.7 Å². The second-order valence-corrected chi connectivity index (χ2v) is 4.86. The summed E-state index contributed by atoms with van der Waals surface area (Å²) in [7, 11) is 0. The highest BCUT2D eigenvalue weighted by Gasteiger charge is 2.20. The highest BCUT2D eigenvalue weighted by molar-refractivity contribution is 5.99. The van der Waals surface area contributed by atoms with Crippen molar-refractivity contribution in [3.63, 3.8) is 0 Å². The van der Waals surface area contributed by atoms with Gasteiger partial charge in [-0.25, -0.2) is 0 Å². The van der Waals surface area contributed by atoms with Gasteiger partial charge in [-0.2, -0.15) is 0 Å². The average Bonchev–Trinajstić information content (AvgIpc) is 3.18. The third-order valence-electron chi connectivity index (χ3n) is 3.21. The number of anilines is 1. The van der Waals surface area contributed by atoms with E-state index in [4.69, 9.17) is 5.84 Å². The molecule has 2 rings (SSSR count). The number of hydrogen-bond donors (Lipinski definition) is 3. The molecule has 98 valence electrons. The molecule has 1 aromatic rings. The monoisotopic (exact) mass is 248 g/mol. The Balaban J connectivity index is 1.86. The number of carbonyl (C=O) groups excluding carboxylic acids is 1. The Morgan fingerprint density at radius 3 is 3.00 bits per heavy atom. The van der Waals surface area contributed by atoms with Gasteiger partial charge >= 0.3 is 0 Å². The minimum absolute atomic E-state index is 0.119. The van der Waals surface area contributed by atoms with Crippen LogP contribution in [0.3, 0.4) is 0 Å². The van der Waals surface area contributed by atoms with E-state index in [-0.39, 0.29) is 5.91 Å². The van der Waals surface area contributed by atoms with Crippen LogP contribution in [0, 0.1) is 12.8 Å². The first-order chi connectivity index (χ1) is 8.70. The van der Waals surface area contributed by atoms with Gasteiger partial charge in [0.05, 0.1) is 11.3 Å². The van der Waals surface area contributed by atoms with E-state index in [1.54, 1.807) is 12.3 Å². The van der Waals surface area contributed by atoms with E-state index in [1.807, 2.05) is 6.92 Å². The predicted molar refractivity (Wildman–Crippen MR) is 71.1 cm³/mol. The summed E-state index contributed by atoms with van der Waals surface area (Å²) in [5, 5.41) is 2.90. The smallest absolute Gasteiger partial charge is 0.255 e. The van der Waals surface area contributed by atoms with Crippen LogP contribution in [0.25, 0.3) is 0 Å². The third-order valence-corrected chi connectivity index (χ3v) is 3.21. The van der Waals surface area contributed by atoms with Gasteiger partial charge in [-0.05, 0) is 31.7 Å². The third kappa shape index (κ3) is 3.43. The molecular weight excluding hydrogens is 228 g/mol. The van der Waals surface area contributed by atoms with Crippen molar-refractivity contribution in [1.29, 1.82) is 0 Å². The van der Waals surface area contributed by atoms with Crippen LogP contribution >= 0.6 is 0 Å². The van der Waals surface area contributed by atoms with Crippen LogP contribution in [0.4, 0.5) is 5.69 Å². The first-order valence-corrected chi connectivity index (χ1v) is 6.42. The summed E-state index contributed by atoms with van der Waals surface area (Å²) in [6.45, 7) is 2.57. The molecule has 1 aliphatic rings. The van der Waals surface area contributed by atoms with Gasteiger partial charge in [0.1, 0.15) is 0 Å². The molecule has 5 nitrogen and oxygen atoms in total. The molecule has 0 bridgehead atoms. The highest BCUT2D eigenvalue weighted by atomic mass is 16.1. The minimum Gasteiger partial charge on any atom is -0.352 e. The number of nitrogens with zero attached hydrogens (tertiary/aromatic N) is 1. The first-order valence-electron chi connectivity index (χ1n) is 6.42. The largest absolute Gasteiger partial charge is 0.352 e. The Morgan fingerprint density at radius 1 is 1.56 bits per heavy atom. The number of nitrogens with two attached hydrogens (primary N) is 1. The Hall–Kier alpha value is -1.62. The van der Waals surface area contributed by atoms with Crippen LogP contribution in [0.15, 0.2) is 12.3 Å². The van der Waals surface area contributed by atoms with Crippen LogP contribution in [0.2, 0.25) is 0 Å². The lowest BCUT2D eigenvalue weighted by atomic mass is 10.2. The maximum atomic E-state index is 11.9. The number of aromatic nitrogens is 1. The molecule has 18 heavy (non-hydrogen) atoms. The lowest BCUT2D eigenvalue weighted by molar-refractivity contribution is 0.0953. The lowest BCUT2D eigenvalue weighted by Crippen LogP contribution is -2.26. The van der Waals surface area contributed by atoms with Gasteiger partial charge in [-0.3, -0.25) is 15.6 Å². The first kappa shape index (κ1) is 12.8.